The lowest BCUT2D eigenvalue weighted by atomic mass is 10.0. The Morgan fingerprint density at radius 1 is 0.532 bits per heavy atom. The molecule has 1 aliphatic carbocycles. The van der Waals surface area contributed by atoms with Crippen molar-refractivity contribution in [1.29, 1.82) is 0 Å². The quantitative estimate of drug-likeness (QED) is 0.189. The summed E-state index contributed by atoms with van der Waals surface area (Å²) in [7, 11) is -3.44. The first kappa shape index (κ1) is 29.0. The molecular weight excluding hydrogens is 607 g/mol. The Morgan fingerprint density at radius 3 is 1.62 bits per heavy atom. The zero-order valence-electron chi connectivity index (χ0n) is 25.1. The SMILES string of the molecule is O=P(c1ccccc1)(c1ccccc1)c1ccc2c(c1)C(F)(F)c1cc(C3=NC(c4ccccc4)N=C(c4ccccc4)N3)ccc1-2. The number of rotatable bonds is 6. The van der Waals surface area contributed by atoms with Crippen LogP contribution in [0.25, 0.3) is 11.1 Å². The van der Waals surface area contributed by atoms with Crippen LogP contribution >= 0.6 is 7.14 Å². The van der Waals surface area contributed by atoms with Gasteiger partial charge in [-0.25, -0.2) is 9.98 Å². The minimum absolute atomic E-state index is 0.110. The number of hydrogen-bond donors (Lipinski definition) is 1. The molecule has 2 aliphatic rings. The third kappa shape index (κ3) is 4.93. The molecule has 4 nitrogen and oxygen atoms in total. The summed E-state index contributed by atoms with van der Waals surface area (Å²) in [5.74, 6) is -2.25. The van der Waals surface area contributed by atoms with Gasteiger partial charge in [-0.1, -0.05) is 146 Å². The molecule has 1 heterocycles. The maximum atomic E-state index is 16.6. The topological polar surface area (TPSA) is 53.8 Å². The van der Waals surface area contributed by atoms with Crippen LogP contribution in [0.15, 0.2) is 168 Å². The largest absolute Gasteiger partial charge is 0.324 e. The maximum absolute atomic E-state index is 16.6. The Balaban J connectivity index is 1.21. The van der Waals surface area contributed by atoms with E-state index in [-0.39, 0.29) is 11.1 Å². The number of aliphatic imine (C=N–C) groups is 2. The molecule has 8 rings (SSSR count). The Kier molecular flexibility index (Phi) is 7.04. The molecule has 0 bridgehead atoms. The second-order valence-electron chi connectivity index (χ2n) is 11.6. The first-order valence-corrected chi connectivity index (χ1v) is 17.1. The molecule has 0 aromatic heterocycles. The van der Waals surface area contributed by atoms with Gasteiger partial charge in [-0.05, 0) is 28.8 Å². The van der Waals surface area contributed by atoms with Crippen molar-refractivity contribution in [3.8, 4) is 11.1 Å². The molecule has 6 aromatic carbocycles. The number of hydrogen-bond acceptors (Lipinski definition) is 4. The third-order valence-electron chi connectivity index (χ3n) is 8.75. The van der Waals surface area contributed by atoms with Crippen LogP contribution in [0.4, 0.5) is 8.78 Å². The number of fused-ring (bicyclic) bond motifs is 3. The average molecular weight is 636 g/mol. The second kappa shape index (κ2) is 11.4. The van der Waals surface area contributed by atoms with Gasteiger partial charge in [0.1, 0.15) is 11.7 Å². The number of amidine groups is 2. The van der Waals surface area contributed by atoms with Gasteiger partial charge in [0.15, 0.2) is 13.3 Å². The van der Waals surface area contributed by atoms with Gasteiger partial charge in [-0.2, -0.15) is 8.78 Å². The van der Waals surface area contributed by atoms with Crippen molar-refractivity contribution in [1.82, 2.24) is 5.32 Å². The lowest BCUT2D eigenvalue weighted by Gasteiger charge is -2.23. The van der Waals surface area contributed by atoms with Crippen molar-refractivity contribution < 1.29 is 13.3 Å². The van der Waals surface area contributed by atoms with Gasteiger partial charge in [0.2, 0.25) is 0 Å². The molecule has 0 saturated heterocycles. The van der Waals surface area contributed by atoms with E-state index in [1.807, 2.05) is 103 Å². The van der Waals surface area contributed by atoms with E-state index in [0.29, 0.717) is 44.3 Å². The Hall–Kier alpha value is -5.45. The number of nitrogens with zero attached hydrogens (tertiary/aromatic N) is 2. The van der Waals surface area contributed by atoms with Crippen LogP contribution in [0.3, 0.4) is 0 Å². The van der Waals surface area contributed by atoms with Crippen molar-refractivity contribution in [2.45, 2.75) is 12.1 Å². The zero-order valence-corrected chi connectivity index (χ0v) is 26.0. The van der Waals surface area contributed by atoms with Crippen LogP contribution in [0.2, 0.25) is 0 Å². The molecule has 47 heavy (non-hydrogen) atoms. The molecule has 0 amide bonds. The van der Waals surface area contributed by atoms with E-state index in [1.54, 1.807) is 42.5 Å². The van der Waals surface area contributed by atoms with E-state index in [4.69, 9.17) is 9.98 Å². The molecule has 228 valence electrons. The fourth-order valence-corrected chi connectivity index (χ4v) is 9.06. The molecule has 0 saturated carbocycles. The molecule has 6 aromatic rings. The predicted octanol–water partition coefficient (Wildman–Crippen LogP) is 7.94. The van der Waals surface area contributed by atoms with E-state index < -0.39 is 19.2 Å². The average Bonchev–Trinajstić information content (AvgIpc) is 3.37. The van der Waals surface area contributed by atoms with Gasteiger partial charge in [0, 0.05) is 38.2 Å². The summed E-state index contributed by atoms with van der Waals surface area (Å²) < 4.78 is 48.1. The molecular formula is C40H28F2N3OP. The minimum atomic E-state index is -3.44. The number of halogens is 2. The van der Waals surface area contributed by atoms with Crippen molar-refractivity contribution in [2.75, 3.05) is 0 Å². The molecule has 1 aliphatic heterocycles. The number of benzene rings is 6. The van der Waals surface area contributed by atoms with Crippen LogP contribution in [-0.4, -0.2) is 11.7 Å². The summed E-state index contributed by atoms with van der Waals surface area (Å²) in [5, 5.41) is 4.87. The monoisotopic (exact) mass is 635 g/mol. The van der Waals surface area contributed by atoms with Crippen LogP contribution < -0.4 is 21.2 Å². The van der Waals surface area contributed by atoms with Gasteiger partial charge in [-0.15, -0.1) is 0 Å². The molecule has 0 spiro atoms. The first-order chi connectivity index (χ1) is 22.9. The third-order valence-corrected chi connectivity index (χ3v) is 11.8. The van der Waals surface area contributed by atoms with Crippen molar-refractivity contribution in [2.24, 2.45) is 9.98 Å². The lowest BCUT2D eigenvalue weighted by Crippen LogP contribution is -2.36. The molecule has 7 heteroatoms. The van der Waals surface area contributed by atoms with Crippen LogP contribution in [0.5, 0.6) is 0 Å². The predicted molar refractivity (Wildman–Crippen MR) is 186 cm³/mol. The van der Waals surface area contributed by atoms with E-state index in [1.165, 1.54) is 12.1 Å². The zero-order chi connectivity index (χ0) is 32.0. The molecule has 0 fully saturated rings. The maximum Gasteiger partial charge on any atom is 0.299 e. The van der Waals surface area contributed by atoms with Gasteiger partial charge < -0.3 is 9.88 Å². The van der Waals surface area contributed by atoms with Crippen molar-refractivity contribution >= 4 is 34.7 Å². The summed E-state index contributed by atoms with van der Waals surface area (Å²) in [6, 6.07) is 47.5. The van der Waals surface area contributed by atoms with Crippen molar-refractivity contribution in [3.63, 3.8) is 0 Å². The van der Waals surface area contributed by atoms with Crippen LogP contribution in [0, 0.1) is 0 Å². The van der Waals surface area contributed by atoms with E-state index in [0.717, 1.165) is 11.1 Å². The lowest BCUT2D eigenvalue weighted by molar-refractivity contribution is 0.0481. The smallest absolute Gasteiger partial charge is 0.299 e. The first-order valence-electron chi connectivity index (χ1n) is 15.4. The normalized spacial score (nSPS) is 16.3. The van der Waals surface area contributed by atoms with Crippen LogP contribution in [0.1, 0.15) is 34.0 Å². The highest BCUT2D eigenvalue weighted by molar-refractivity contribution is 7.85. The second-order valence-corrected chi connectivity index (χ2v) is 14.3. The van der Waals surface area contributed by atoms with E-state index >= 15 is 8.78 Å². The highest BCUT2D eigenvalue weighted by Gasteiger charge is 2.46. The molecule has 1 unspecified atom stereocenters. The standard InChI is InChI=1S/C40H28F2N3OP/c41-40(42)35-25-29(39-44-37(27-13-5-1-6-14-27)43-38(45-39)28-15-7-2-8-16-28)21-23-33(35)34-24-22-32(26-36(34)40)47(46,30-17-9-3-10-18-30)31-19-11-4-12-20-31/h1-26,37H,(H,43,44,45). The Labute approximate surface area is 271 Å². The Morgan fingerprint density at radius 2 is 1.02 bits per heavy atom. The number of nitrogens with one attached hydrogen (secondary N) is 1. The fourth-order valence-electron chi connectivity index (χ4n) is 6.39. The van der Waals surface area contributed by atoms with Gasteiger partial charge in [0.05, 0.1) is 0 Å². The van der Waals surface area contributed by atoms with E-state index in [2.05, 4.69) is 5.32 Å². The highest BCUT2D eigenvalue weighted by atomic mass is 31.2. The van der Waals surface area contributed by atoms with Gasteiger partial charge in [-0.3, -0.25) is 0 Å². The van der Waals surface area contributed by atoms with E-state index in [9.17, 15) is 4.57 Å². The highest BCUT2D eigenvalue weighted by Crippen LogP contribution is 2.53. The van der Waals surface area contributed by atoms with Crippen LogP contribution in [-0.2, 0) is 10.5 Å². The summed E-state index contributed by atoms with van der Waals surface area (Å²) in [6.07, 6.45) is -0.540. The van der Waals surface area contributed by atoms with Gasteiger partial charge >= 0.3 is 0 Å². The molecule has 1 atom stereocenters. The molecule has 1 N–H and O–H groups in total. The Bertz CT molecular complexity index is 2180. The summed E-state index contributed by atoms with van der Waals surface area (Å²) in [6.45, 7) is 0. The summed E-state index contributed by atoms with van der Waals surface area (Å²) in [5.41, 5.74) is 2.91. The van der Waals surface area contributed by atoms with Crippen molar-refractivity contribution in [3.05, 3.63) is 186 Å². The summed E-state index contributed by atoms with van der Waals surface area (Å²) >= 11 is 0. The number of alkyl halides is 2. The fraction of sp³-hybridized carbons (Fsp3) is 0.0500. The molecule has 0 radical (unpaired) electrons. The van der Waals surface area contributed by atoms with Gasteiger partial charge in [0.25, 0.3) is 5.92 Å². The minimum Gasteiger partial charge on any atom is -0.324 e. The summed E-state index contributed by atoms with van der Waals surface area (Å²) in [4.78, 5) is 9.73.